The van der Waals surface area contributed by atoms with Crippen LogP contribution in [0.25, 0.3) is 10.9 Å². The van der Waals surface area contributed by atoms with E-state index in [1.54, 1.807) is 24.4 Å². The van der Waals surface area contributed by atoms with Crippen LogP contribution in [0.15, 0.2) is 28.9 Å². The lowest BCUT2D eigenvalue weighted by Gasteiger charge is -2.30. The van der Waals surface area contributed by atoms with Gasteiger partial charge >= 0.3 is 0 Å². The van der Waals surface area contributed by atoms with Crippen molar-refractivity contribution in [3.05, 3.63) is 41.1 Å². The van der Waals surface area contributed by atoms with E-state index in [1.165, 1.54) is 4.68 Å². The first-order valence-corrected chi connectivity index (χ1v) is 11.8. The summed E-state index contributed by atoms with van der Waals surface area (Å²) in [7, 11) is 0. The summed E-state index contributed by atoms with van der Waals surface area (Å²) in [5.74, 6) is 1.67. The number of likely N-dealkylation sites (tertiary alicyclic amines) is 1. The Hall–Kier alpha value is -2.78. The van der Waals surface area contributed by atoms with Gasteiger partial charge in [-0.05, 0) is 37.8 Å². The molecule has 174 valence electrons. The Kier molecular flexibility index (Phi) is 6.41. The predicted molar refractivity (Wildman–Crippen MR) is 120 cm³/mol. The molecule has 0 aliphatic carbocycles. The molecular weight excluding hydrogens is 446 g/mol. The molecule has 0 atom stereocenters. The van der Waals surface area contributed by atoms with Crippen molar-refractivity contribution in [1.82, 2.24) is 24.8 Å². The molecule has 1 amide bonds. The monoisotopic (exact) mass is 471 g/mol. The molecular formula is C23H26ClN5O4. The average Bonchev–Trinajstić information content (AvgIpc) is 3.52. The maximum atomic E-state index is 12.7. The fourth-order valence-electron chi connectivity index (χ4n) is 4.60. The molecule has 2 aliphatic rings. The molecule has 2 fully saturated rings. The molecule has 5 rings (SSSR count). The van der Waals surface area contributed by atoms with E-state index in [2.05, 4.69) is 15.2 Å². The van der Waals surface area contributed by atoms with Crippen molar-refractivity contribution in [2.45, 2.75) is 50.4 Å². The molecule has 1 aromatic carbocycles. The standard InChI is InChI=1S/C23H26ClN5O4/c24-18-2-1-3-19-17(18)14-25-29(19)21(31)5-4-20(30)28-10-6-16(7-11-28)23-26-22(27-33-23)15-8-12-32-13-9-15/h1-3,14-16H,4-13H2. The van der Waals surface area contributed by atoms with E-state index in [4.69, 9.17) is 20.9 Å². The lowest BCUT2D eigenvalue weighted by Crippen LogP contribution is -2.38. The molecule has 0 radical (unpaired) electrons. The molecule has 0 bridgehead atoms. The first-order chi connectivity index (χ1) is 16.1. The van der Waals surface area contributed by atoms with Crippen LogP contribution in [0.5, 0.6) is 0 Å². The van der Waals surface area contributed by atoms with Gasteiger partial charge in [0.05, 0.1) is 16.7 Å². The van der Waals surface area contributed by atoms with Crippen molar-refractivity contribution in [2.24, 2.45) is 0 Å². The van der Waals surface area contributed by atoms with Gasteiger partial charge in [0.25, 0.3) is 0 Å². The number of hydrogen-bond donors (Lipinski definition) is 0. The summed E-state index contributed by atoms with van der Waals surface area (Å²) >= 11 is 6.16. The van der Waals surface area contributed by atoms with Crippen molar-refractivity contribution >= 4 is 34.3 Å². The minimum Gasteiger partial charge on any atom is -0.381 e. The lowest BCUT2D eigenvalue weighted by molar-refractivity contribution is -0.132. The van der Waals surface area contributed by atoms with Crippen LogP contribution < -0.4 is 0 Å². The Morgan fingerprint density at radius 1 is 1.03 bits per heavy atom. The topological polar surface area (TPSA) is 103 Å². The van der Waals surface area contributed by atoms with Gasteiger partial charge in [0.2, 0.25) is 17.7 Å². The number of piperidine rings is 1. The number of hydrogen-bond acceptors (Lipinski definition) is 7. The largest absolute Gasteiger partial charge is 0.381 e. The third kappa shape index (κ3) is 4.65. The second-order valence-electron chi connectivity index (χ2n) is 8.66. The number of carbonyl (C=O) groups is 2. The highest BCUT2D eigenvalue weighted by Crippen LogP contribution is 2.30. The van der Waals surface area contributed by atoms with Crippen molar-refractivity contribution in [2.75, 3.05) is 26.3 Å². The number of rotatable bonds is 5. The van der Waals surface area contributed by atoms with Crippen LogP contribution >= 0.6 is 11.6 Å². The van der Waals surface area contributed by atoms with Gasteiger partial charge in [0.1, 0.15) is 0 Å². The molecule has 3 aromatic rings. The van der Waals surface area contributed by atoms with E-state index in [0.29, 0.717) is 35.4 Å². The van der Waals surface area contributed by atoms with Crippen LogP contribution in [0, 0.1) is 0 Å². The number of benzene rings is 1. The lowest BCUT2D eigenvalue weighted by atomic mass is 9.96. The first-order valence-electron chi connectivity index (χ1n) is 11.4. The molecule has 10 heteroatoms. The molecule has 33 heavy (non-hydrogen) atoms. The number of amides is 1. The maximum absolute atomic E-state index is 12.7. The second-order valence-corrected chi connectivity index (χ2v) is 9.06. The minimum atomic E-state index is -0.220. The van der Waals surface area contributed by atoms with E-state index in [0.717, 1.165) is 50.1 Å². The van der Waals surface area contributed by atoms with Gasteiger partial charge in [-0.25, -0.2) is 4.68 Å². The third-order valence-corrected chi connectivity index (χ3v) is 6.92. The molecule has 2 aliphatic heterocycles. The van der Waals surface area contributed by atoms with Crippen LogP contribution in [-0.2, 0) is 9.53 Å². The second kappa shape index (κ2) is 9.61. The Labute approximate surface area is 196 Å². The van der Waals surface area contributed by atoms with E-state index in [1.807, 2.05) is 4.90 Å². The summed E-state index contributed by atoms with van der Waals surface area (Å²) in [6.45, 7) is 2.71. The van der Waals surface area contributed by atoms with Gasteiger partial charge in [-0.3, -0.25) is 9.59 Å². The number of nitrogens with zero attached hydrogens (tertiary/aromatic N) is 5. The number of ether oxygens (including phenoxy) is 1. The summed E-state index contributed by atoms with van der Waals surface area (Å²) < 4.78 is 12.3. The van der Waals surface area contributed by atoms with Crippen molar-refractivity contribution in [3.63, 3.8) is 0 Å². The van der Waals surface area contributed by atoms with Gasteiger partial charge in [0, 0.05) is 56.4 Å². The number of fused-ring (bicyclic) bond motifs is 1. The highest BCUT2D eigenvalue weighted by molar-refractivity contribution is 6.35. The Morgan fingerprint density at radius 2 is 1.79 bits per heavy atom. The molecule has 0 spiro atoms. The zero-order valence-electron chi connectivity index (χ0n) is 18.3. The van der Waals surface area contributed by atoms with Crippen LogP contribution in [-0.4, -0.2) is 62.9 Å². The summed E-state index contributed by atoms with van der Waals surface area (Å²) in [4.78, 5) is 31.8. The van der Waals surface area contributed by atoms with Gasteiger partial charge in [0.15, 0.2) is 5.82 Å². The van der Waals surface area contributed by atoms with Crippen molar-refractivity contribution in [1.29, 1.82) is 0 Å². The average molecular weight is 472 g/mol. The van der Waals surface area contributed by atoms with Crippen LogP contribution in [0.4, 0.5) is 0 Å². The Morgan fingerprint density at radius 3 is 2.58 bits per heavy atom. The SMILES string of the molecule is O=C(CCC(=O)n1ncc2c(Cl)cccc21)N1CCC(c2nc(C3CCOCC3)no2)CC1. The molecule has 0 saturated carbocycles. The highest BCUT2D eigenvalue weighted by atomic mass is 35.5. The molecule has 2 saturated heterocycles. The highest BCUT2D eigenvalue weighted by Gasteiger charge is 2.29. The van der Waals surface area contributed by atoms with E-state index in [-0.39, 0.29) is 30.6 Å². The molecule has 0 unspecified atom stereocenters. The third-order valence-electron chi connectivity index (χ3n) is 6.59. The summed E-state index contributed by atoms with van der Waals surface area (Å²) in [5, 5.41) is 9.62. The first kappa shape index (κ1) is 22.0. The summed E-state index contributed by atoms with van der Waals surface area (Å²) in [6.07, 6.45) is 5.22. The normalized spacial score (nSPS) is 18.2. The molecule has 0 N–H and O–H groups in total. The van der Waals surface area contributed by atoms with Gasteiger partial charge in [-0.1, -0.05) is 22.8 Å². The van der Waals surface area contributed by atoms with Crippen molar-refractivity contribution < 1.29 is 18.8 Å². The molecule has 2 aromatic heterocycles. The smallest absolute Gasteiger partial charge is 0.247 e. The van der Waals surface area contributed by atoms with Gasteiger partial charge < -0.3 is 14.2 Å². The van der Waals surface area contributed by atoms with Gasteiger partial charge in [-0.2, -0.15) is 10.1 Å². The maximum Gasteiger partial charge on any atom is 0.247 e. The Balaban J connectivity index is 1.12. The molecule has 9 nitrogen and oxygen atoms in total. The zero-order chi connectivity index (χ0) is 22.8. The van der Waals surface area contributed by atoms with E-state index >= 15 is 0 Å². The molecule has 4 heterocycles. The van der Waals surface area contributed by atoms with E-state index in [9.17, 15) is 9.59 Å². The number of halogens is 1. The van der Waals surface area contributed by atoms with Gasteiger partial charge in [-0.15, -0.1) is 0 Å². The Bertz CT molecular complexity index is 1140. The predicted octanol–water partition coefficient (Wildman–Crippen LogP) is 3.79. The summed E-state index contributed by atoms with van der Waals surface area (Å²) in [6, 6.07) is 5.33. The zero-order valence-corrected chi connectivity index (χ0v) is 19.0. The van der Waals surface area contributed by atoms with Crippen LogP contribution in [0.3, 0.4) is 0 Å². The minimum absolute atomic E-state index is 0.0234. The quantitative estimate of drug-likeness (QED) is 0.557. The summed E-state index contributed by atoms with van der Waals surface area (Å²) in [5.41, 5.74) is 0.653. The van der Waals surface area contributed by atoms with E-state index < -0.39 is 0 Å². The number of carbonyl (C=O) groups excluding carboxylic acids is 2. The fourth-order valence-corrected chi connectivity index (χ4v) is 4.82. The number of aromatic nitrogens is 4. The van der Waals surface area contributed by atoms with Crippen molar-refractivity contribution in [3.8, 4) is 0 Å². The van der Waals surface area contributed by atoms with Crippen LogP contribution in [0.2, 0.25) is 5.02 Å². The van der Waals surface area contributed by atoms with Crippen LogP contribution in [0.1, 0.15) is 66.9 Å². The fraction of sp³-hybridized carbons (Fsp3) is 0.522.